The second kappa shape index (κ2) is 10.4. The molecule has 0 spiro atoms. The van der Waals surface area contributed by atoms with Gasteiger partial charge in [-0.3, -0.25) is 4.98 Å². The summed E-state index contributed by atoms with van der Waals surface area (Å²) in [4.78, 5) is 4.63. The van der Waals surface area contributed by atoms with Gasteiger partial charge in [-0.1, -0.05) is 60.4 Å². The molecule has 1 aromatic heterocycles. The molecule has 0 radical (unpaired) electrons. The van der Waals surface area contributed by atoms with Gasteiger partial charge in [0.15, 0.2) is 0 Å². The van der Waals surface area contributed by atoms with Crippen LogP contribution in [0.1, 0.15) is 37.3 Å². The fourth-order valence-electron chi connectivity index (χ4n) is 3.10. The highest BCUT2D eigenvalue weighted by atomic mass is 19.1. The van der Waals surface area contributed by atoms with E-state index >= 15 is 0 Å². The Morgan fingerprint density at radius 2 is 1.66 bits per heavy atom. The van der Waals surface area contributed by atoms with Crippen LogP contribution < -0.4 is 0 Å². The van der Waals surface area contributed by atoms with Gasteiger partial charge >= 0.3 is 0 Å². The number of halogens is 1. The van der Waals surface area contributed by atoms with Crippen molar-refractivity contribution in [3.63, 3.8) is 0 Å². The molecule has 1 nitrogen and oxygen atoms in total. The molecule has 3 aromatic rings. The highest BCUT2D eigenvalue weighted by Crippen LogP contribution is 2.23. The summed E-state index contributed by atoms with van der Waals surface area (Å²) >= 11 is 0. The monoisotopic (exact) mass is 383 g/mol. The van der Waals surface area contributed by atoms with Gasteiger partial charge in [-0.25, -0.2) is 4.39 Å². The van der Waals surface area contributed by atoms with Gasteiger partial charge in [-0.2, -0.15) is 0 Å². The standard InChI is InChI=1S/C27H26FN/c1-3-7-22-12-16-25(17-13-22)27-19-18-26(20-29-27)24-14-10-23(11-15-24)9-6-4-5-8-21(2)28/h3,10-21H,1,4-5,7-8H2,2H3. The summed E-state index contributed by atoms with van der Waals surface area (Å²) in [7, 11) is 0. The van der Waals surface area contributed by atoms with Crippen LogP contribution >= 0.6 is 0 Å². The third-order valence-corrected chi connectivity index (χ3v) is 4.75. The molecule has 0 saturated heterocycles. The molecule has 1 unspecified atom stereocenters. The minimum absolute atomic E-state index is 0.579. The largest absolute Gasteiger partial charge is 0.256 e. The van der Waals surface area contributed by atoms with Crippen molar-refractivity contribution in [2.45, 2.75) is 38.8 Å². The van der Waals surface area contributed by atoms with Gasteiger partial charge in [0.1, 0.15) is 0 Å². The Hall–Kier alpha value is -3.18. The van der Waals surface area contributed by atoms with E-state index in [0.29, 0.717) is 6.42 Å². The van der Waals surface area contributed by atoms with Gasteiger partial charge in [0, 0.05) is 29.3 Å². The molecule has 2 heteroatoms. The Morgan fingerprint density at radius 3 is 2.28 bits per heavy atom. The lowest BCUT2D eigenvalue weighted by Crippen LogP contribution is -1.90. The molecule has 0 saturated carbocycles. The molecule has 0 N–H and O–H groups in total. The summed E-state index contributed by atoms with van der Waals surface area (Å²) in [5, 5.41) is 0. The number of alkyl halides is 1. The number of aromatic nitrogens is 1. The van der Waals surface area contributed by atoms with E-state index in [1.807, 2.05) is 24.4 Å². The summed E-state index contributed by atoms with van der Waals surface area (Å²) in [6, 6.07) is 20.7. The summed E-state index contributed by atoms with van der Waals surface area (Å²) in [5.74, 6) is 6.27. The number of rotatable bonds is 7. The zero-order valence-corrected chi connectivity index (χ0v) is 16.9. The molecule has 146 valence electrons. The molecule has 0 aliphatic carbocycles. The molecule has 0 aliphatic rings. The lowest BCUT2D eigenvalue weighted by atomic mass is 10.0. The molecule has 0 aliphatic heterocycles. The number of allylic oxidation sites excluding steroid dienone is 1. The quantitative estimate of drug-likeness (QED) is 0.243. The number of pyridine rings is 1. The SMILES string of the molecule is C=CCc1ccc(-c2ccc(-c3ccc(C#CCCCC(C)F)cc3)cn2)cc1. The second-order valence-electron chi connectivity index (χ2n) is 7.17. The van der Waals surface area contributed by atoms with E-state index in [1.165, 1.54) is 5.56 Å². The fraction of sp³-hybridized carbons (Fsp3) is 0.222. The molecule has 29 heavy (non-hydrogen) atoms. The van der Waals surface area contributed by atoms with Crippen LogP contribution in [0.25, 0.3) is 22.4 Å². The number of nitrogens with zero attached hydrogens (tertiary/aromatic N) is 1. The van der Waals surface area contributed by atoms with Crippen LogP contribution in [0.15, 0.2) is 79.5 Å². The van der Waals surface area contributed by atoms with Gasteiger partial charge in [0.2, 0.25) is 0 Å². The predicted molar refractivity (Wildman–Crippen MR) is 120 cm³/mol. The van der Waals surface area contributed by atoms with Crippen LogP contribution in [0.2, 0.25) is 0 Å². The van der Waals surface area contributed by atoms with Gasteiger partial charge < -0.3 is 0 Å². The van der Waals surface area contributed by atoms with E-state index in [9.17, 15) is 4.39 Å². The van der Waals surface area contributed by atoms with Crippen LogP contribution in [0.3, 0.4) is 0 Å². The maximum Gasteiger partial charge on any atom is 0.0973 e. The number of hydrogen-bond donors (Lipinski definition) is 0. The van der Waals surface area contributed by atoms with E-state index in [-0.39, 0.29) is 0 Å². The summed E-state index contributed by atoms with van der Waals surface area (Å²) in [6.07, 6.45) is 6.07. The van der Waals surface area contributed by atoms with Crippen LogP contribution in [-0.2, 0) is 6.42 Å². The van der Waals surface area contributed by atoms with Crippen molar-refractivity contribution >= 4 is 0 Å². The van der Waals surface area contributed by atoms with Gasteiger partial charge in [-0.05, 0) is 55.5 Å². The highest BCUT2D eigenvalue weighted by Gasteiger charge is 2.02. The van der Waals surface area contributed by atoms with Crippen LogP contribution in [0.5, 0.6) is 0 Å². The molecule has 0 amide bonds. The smallest absolute Gasteiger partial charge is 0.0973 e. The number of benzene rings is 2. The van der Waals surface area contributed by atoms with E-state index < -0.39 is 6.17 Å². The number of unbranched alkanes of at least 4 members (excludes halogenated alkanes) is 1. The maximum absolute atomic E-state index is 12.8. The first-order valence-corrected chi connectivity index (χ1v) is 10.1. The van der Waals surface area contributed by atoms with Crippen molar-refractivity contribution < 1.29 is 4.39 Å². The first-order valence-electron chi connectivity index (χ1n) is 10.1. The third-order valence-electron chi connectivity index (χ3n) is 4.75. The van der Waals surface area contributed by atoms with Gasteiger partial charge in [-0.15, -0.1) is 6.58 Å². The van der Waals surface area contributed by atoms with Crippen LogP contribution in [0.4, 0.5) is 4.39 Å². The topological polar surface area (TPSA) is 12.9 Å². The lowest BCUT2D eigenvalue weighted by molar-refractivity contribution is 0.336. The second-order valence-corrected chi connectivity index (χ2v) is 7.17. The minimum Gasteiger partial charge on any atom is -0.256 e. The van der Waals surface area contributed by atoms with Crippen molar-refractivity contribution in [3.05, 3.63) is 90.6 Å². The number of hydrogen-bond acceptors (Lipinski definition) is 1. The first kappa shape index (κ1) is 20.6. The van der Waals surface area contributed by atoms with E-state index in [2.05, 4.69) is 71.9 Å². The molecule has 2 aromatic carbocycles. The highest BCUT2D eigenvalue weighted by molar-refractivity contribution is 5.67. The molecular weight excluding hydrogens is 357 g/mol. The molecule has 1 atom stereocenters. The summed E-state index contributed by atoms with van der Waals surface area (Å²) < 4.78 is 12.8. The zero-order chi connectivity index (χ0) is 20.5. The summed E-state index contributed by atoms with van der Waals surface area (Å²) in [5.41, 5.74) is 6.49. The Bertz CT molecular complexity index is 972. The van der Waals surface area contributed by atoms with Gasteiger partial charge in [0.25, 0.3) is 0 Å². The van der Waals surface area contributed by atoms with Crippen molar-refractivity contribution in [3.8, 4) is 34.2 Å². The van der Waals surface area contributed by atoms with Crippen molar-refractivity contribution in [2.75, 3.05) is 0 Å². The Balaban J connectivity index is 1.64. The molecular formula is C27H26FN. The zero-order valence-electron chi connectivity index (χ0n) is 16.9. The average molecular weight is 384 g/mol. The van der Waals surface area contributed by atoms with E-state index in [1.54, 1.807) is 6.92 Å². The molecule has 1 heterocycles. The van der Waals surface area contributed by atoms with Crippen molar-refractivity contribution in [2.24, 2.45) is 0 Å². The molecule has 3 rings (SSSR count). The van der Waals surface area contributed by atoms with Crippen LogP contribution in [-0.4, -0.2) is 11.2 Å². The Kier molecular flexibility index (Phi) is 7.36. The lowest BCUT2D eigenvalue weighted by Gasteiger charge is -2.05. The maximum atomic E-state index is 12.8. The van der Waals surface area contributed by atoms with E-state index in [4.69, 9.17) is 0 Å². The fourth-order valence-corrected chi connectivity index (χ4v) is 3.10. The van der Waals surface area contributed by atoms with Crippen molar-refractivity contribution in [1.82, 2.24) is 4.98 Å². The normalized spacial score (nSPS) is 11.4. The molecule has 0 fully saturated rings. The molecule has 0 bridgehead atoms. The predicted octanol–water partition coefficient (Wildman–Crippen LogP) is 7.02. The summed E-state index contributed by atoms with van der Waals surface area (Å²) in [6.45, 7) is 5.37. The van der Waals surface area contributed by atoms with E-state index in [0.717, 1.165) is 47.2 Å². The first-order chi connectivity index (χ1) is 14.2. The average Bonchev–Trinajstić information content (AvgIpc) is 2.75. The minimum atomic E-state index is -0.743. The van der Waals surface area contributed by atoms with Crippen LogP contribution in [0, 0.1) is 11.8 Å². The van der Waals surface area contributed by atoms with Gasteiger partial charge in [0.05, 0.1) is 11.9 Å². The van der Waals surface area contributed by atoms with Crippen molar-refractivity contribution in [1.29, 1.82) is 0 Å². The third kappa shape index (κ3) is 6.16. The Morgan fingerprint density at radius 1 is 0.966 bits per heavy atom. The Labute approximate surface area is 173 Å².